The van der Waals surface area contributed by atoms with Crippen molar-refractivity contribution < 1.29 is 4.79 Å². The summed E-state index contributed by atoms with van der Waals surface area (Å²) >= 11 is 6.06. The molecule has 1 aromatic carbocycles. The van der Waals surface area contributed by atoms with Crippen LogP contribution in [0.1, 0.15) is 41.0 Å². The van der Waals surface area contributed by atoms with E-state index in [1.165, 1.54) is 19.3 Å². The fourth-order valence-corrected chi connectivity index (χ4v) is 3.79. The number of amides is 1. The van der Waals surface area contributed by atoms with Crippen LogP contribution in [-0.4, -0.2) is 39.0 Å². The molecule has 4 rings (SSSR count). The van der Waals surface area contributed by atoms with Crippen LogP contribution in [0.4, 0.5) is 5.82 Å². The maximum atomic E-state index is 12.8. The fourth-order valence-electron chi connectivity index (χ4n) is 3.61. The maximum absolute atomic E-state index is 12.8. The molecule has 0 saturated carbocycles. The Bertz CT molecular complexity index is 1010. The maximum Gasteiger partial charge on any atom is 0.274 e. The Kier molecular flexibility index (Phi) is 5.76. The third-order valence-corrected chi connectivity index (χ3v) is 5.36. The van der Waals surface area contributed by atoms with Crippen LogP contribution in [0.15, 0.2) is 42.6 Å². The van der Waals surface area contributed by atoms with E-state index >= 15 is 0 Å². The largest absolute Gasteiger partial charge is 0.356 e. The van der Waals surface area contributed by atoms with Crippen molar-refractivity contribution in [2.45, 2.75) is 32.7 Å². The van der Waals surface area contributed by atoms with Gasteiger partial charge >= 0.3 is 0 Å². The normalized spacial score (nSPS) is 14.1. The molecule has 0 spiro atoms. The van der Waals surface area contributed by atoms with Gasteiger partial charge in [0.2, 0.25) is 0 Å². The summed E-state index contributed by atoms with van der Waals surface area (Å²) in [5, 5.41) is 11.8. The van der Waals surface area contributed by atoms with Gasteiger partial charge in [-0.2, -0.15) is 0 Å². The predicted octanol–water partition coefficient (Wildman–Crippen LogP) is 3.54. The highest BCUT2D eigenvalue weighted by atomic mass is 35.5. The summed E-state index contributed by atoms with van der Waals surface area (Å²) in [5.41, 5.74) is 2.73. The molecule has 0 unspecified atom stereocenters. The molecule has 0 bridgehead atoms. The lowest BCUT2D eigenvalue weighted by atomic mass is 10.1. The van der Waals surface area contributed by atoms with E-state index in [4.69, 9.17) is 11.6 Å². The van der Waals surface area contributed by atoms with Gasteiger partial charge in [-0.1, -0.05) is 28.9 Å². The number of carbonyl (C=O) groups is 1. The Morgan fingerprint density at radius 3 is 2.79 bits per heavy atom. The number of halogens is 1. The van der Waals surface area contributed by atoms with Gasteiger partial charge in [-0.3, -0.25) is 4.79 Å². The number of nitrogens with zero attached hydrogens (tertiary/aromatic N) is 5. The van der Waals surface area contributed by atoms with Gasteiger partial charge in [0.25, 0.3) is 5.91 Å². The van der Waals surface area contributed by atoms with E-state index in [0.29, 0.717) is 23.0 Å². The van der Waals surface area contributed by atoms with Crippen LogP contribution >= 0.6 is 11.6 Å². The van der Waals surface area contributed by atoms with Crippen molar-refractivity contribution in [3.63, 3.8) is 0 Å². The van der Waals surface area contributed by atoms with Crippen molar-refractivity contribution in [3.8, 4) is 5.69 Å². The number of carbonyl (C=O) groups excluding carboxylic acids is 1. The van der Waals surface area contributed by atoms with Gasteiger partial charge in [0, 0.05) is 36.4 Å². The second kappa shape index (κ2) is 8.61. The van der Waals surface area contributed by atoms with Gasteiger partial charge in [0.1, 0.15) is 5.82 Å². The first kappa shape index (κ1) is 19.4. The van der Waals surface area contributed by atoms with Gasteiger partial charge in [-0.05, 0) is 50.5 Å². The van der Waals surface area contributed by atoms with Crippen molar-refractivity contribution in [1.82, 2.24) is 25.3 Å². The van der Waals surface area contributed by atoms with Crippen LogP contribution in [0.5, 0.6) is 0 Å². The van der Waals surface area contributed by atoms with Crippen molar-refractivity contribution in [1.29, 1.82) is 0 Å². The number of hydrogen-bond acceptors (Lipinski definition) is 5. The molecule has 3 heterocycles. The number of rotatable bonds is 5. The average Bonchev–Trinajstić information content (AvgIpc) is 3.14. The number of hydrogen-bond donors (Lipinski definition) is 1. The van der Waals surface area contributed by atoms with E-state index in [1.807, 2.05) is 31.2 Å². The third kappa shape index (κ3) is 4.24. The Labute approximate surface area is 174 Å². The molecular weight excluding hydrogens is 388 g/mol. The van der Waals surface area contributed by atoms with Gasteiger partial charge in [-0.15, -0.1) is 5.10 Å². The Balaban J connectivity index is 1.49. The average molecular weight is 411 g/mol. The van der Waals surface area contributed by atoms with Crippen LogP contribution in [0.2, 0.25) is 5.02 Å². The van der Waals surface area contributed by atoms with E-state index in [9.17, 15) is 4.79 Å². The molecule has 2 aromatic heterocycles. The molecule has 1 N–H and O–H groups in total. The molecule has 1 amide bonds. The zero-order valence-electron chi connectivity index (χ0n) is 16.3. The first-order valence-corrected chi connectivity index (χ1v) is 10.2. The number of anilines is 1. The minimum Gasteiger partial charge on any atom is -0.356 e. The van der Waals surface area contributed by atoms with Crippen LogP contribution in [0.3, 0.4) is 0 Å². The molecule has 8 heteroatoms. The molecule has 0 radical (unpaired) electrons. The van der Waals surface area contributed by atoms with Crippen molar-refractivity contribution in [3.05, 3.63) is 64.6 Å². The fraction of sp³-hybridized carbons (Fsp3) is 0.333. The number of nitrogens with one attached hydrogen (secondary N) is 1. The second-order valence-corrected chi connectivity index (χ2v) is 7.57. The van der Waals surface area contributed by atoms with E-state index in [1.54, 1.807) is 23.0 Å². The van der Waals surface area contributed by atoms with Gasteiger partial charge < -0.3 is 10.2 Å². The first-order chi connectivity index (χ1) is 14.1. The van der Waals surface area contributed by atoms with Gasteiger partial charge in [0.05, 0.1) is 11.4 Å². The zero-order chi connectivity index (χ0) is 20.2. The van der Waals surface area contributed by atoms with E-state index in [2.05, 4.69) is 25.5 Å². The van der Waals surface area contributed by atoms with Crippen LogP contribution < -0.4 is 10.2 Å². The number of pyridine rings is 1. The van der Waals surface area contributed by atoms with Crippen LogP contribution in [0, 0.1) is 6.92 Å². The lowest BCUT2D eigenvalue weighted by Gasteiger charge is -2.29. The Morgan fingerprint density at radius 1 is 1.17 bits per heavy atom. The highest BCUT2D eigenvalue weighted by Gasteiger charge is 2.19. The quantitative estimate of drug-likeness (QED) is 0.696. The molecule has 1 aliphatic heterocycles. The molecule has 1 saturated heterocycles. The second-order valence-electron chi connectivity index (χ2n) is 7.13. The van der Waals surface area contributed by atoms with E-state index in [0.717, 1.165) is 30.2 Å². The summed E-state index contributed by atoms with van der Waals surface area (Å²) in [4.78, 5) is 19.6. The first-order valence-electron chi connectivity index (χ1n) is 9.79. The van der Waals surface area contributed by atoms with Gasteiger partial charge in [0.15, 0.2) is 5.69 Å². The summed E-state index contributed by atoms with van der Waals surface area (Å²) in [6.45, 7) is 4.22. The number of aromatic nitrogens is 4. The standard InChI is InChI=1S/C21H23ClN6O/c1-15-19(25-26-28(15)18-9-5-8-17(22)13-18)21(29)24-14-16-7-6-10-23-20(16)27-11-3-2-4-12-27/h5-10,13H,2-4,11-12,14H2,1H3,(H,24,29). The Hall–Kier alpha value is -2.93. The lowest BCUT2D eigenvalue weighted by Crippen LogP contribution is -2.32. The van der Waals surface area contributed by atoms with Gasteiger partial charge in [-0.25, -0.2) is 9.67 Å². The van der Waals surface area contributed by atoms with Crippen LogP contribution in [-0.2, 0) is 6.54 Å². The van der Waals surface area contributed by atoms with Crippen molar-refractivity contribution in [2.24, 2.45) is 0 Å². The monoisotopic (exact) mass is 410 g/mol. The SMILES string of the molecule is Cc1c(C(=O)NCc2cccnc2N2CCCCC2)nnn1-c1cccc(Cl)c1. The Morgan fingerprint density at radius 2 is 2.00 bits per heavy atom. The number of piperidine rings is 1. The topological polar surface area (TPSA) is 75.9 Å². The molecular formula is C21H23ClN6O. The molecule has 1 aliphatic rings. The highest BCUT2D eigenvalue weighted by Crippen LogP contribution is 2.22. The molecule has 0 atom stereocenters. The third-order valence-electron chi connectivity index (χ3n) is 5.12. The molecule has 150 valence electrons. The van der Waals surface area contributed by atoms with Crippen molar-refractivity contribution >= 4 is 23.3 Å². The number of benzene rings is 1. The summed E-state index contributed by atoms with van der Waals surface area (Å²) < 4.78 is 1.62. The zero-order valence-corrected chi connectivity index (χ0v) is 17.1. The molecule has 0 aliphatic carbocycles. The molecule has 3 aromatic rings. The molecule has 1 fully saturated rings. The summed E-state index contributed by atoms with van der Waals surface area (Å²) in [6.07, 6.45) is 5.41. The van der Waals surface area contributed by atoms with E-state index in [-0.39, 0.29) is 5.91 Å². The lowest BCUT2D eigenvalue weighted by molar-refractivity contribution is 0.0945. The highest BCUT2D eigenvalue weighted by molar-refractivity contribution is 6.30. The summed E-state index contributed by atoms with van der Waals surface area (Å²) in [6, 6.07) is 11.2. The van der Waals surface area contributed by atoms with Crippen molar-refractivity contribution in [2.75, 3.05) is 18.0 Å². The summed E-state index contributed by atoms with van der Waals surface area (Å²) in [7, 11) is 0. The van der Waals surface area contributed by atoms with E-state index < -0.39 is 0 Å². The van der Waals surface area contributed by atoms with Crippen LogP contribution in [0.25, 0.3) is 5.69 Å². The molecule has 7 nitrogen and oxygen atoms in total. The molecule has 29 heavy (non-hydrogen) atoms. The summed E-state index contributed by atoms with van der Waals surface area (Å²) in [5.74, 6) is 0.691. The minimum absolute atomic E-state index is 0.260. The smallest absolute Gasteiger partial charge is 0.274 e. The minimum atomic E-state index is -0.260. The predicted molar refractivity (Wildman–Crippen MR) is 113 cm³/mol.